The van der Waals surface area contributed by atoms with E-state index in [0.29, 0.717) is 25.9 Å². The predicted molar refractivity (Wildman–Crippen MR) is 82.7 cm³/mol. The van der Waals surface area contributed by atoms with Crippen LogP contribution >= 0.6 is 0 Å². The normalized spacial score (nSPS) is 20.1. The third-order valence-corrected chi connectivity index (χ3v) is 3.50. The maximum Gasteiger partial charge on any atom is 0.245 e. The summed E-state index contributed by atoms with van der Waals surface area (Å²) in [5.41, 5.74) is 1.09. The molecule has 2 amide bonds. The third kappa shape index (κ3) is 4.59. The summed E-state index contributed by atoms with van der Waals surface area (Å²) >= 11 is 0. The summed E-state index contributed by atoms with van der Waals surface area (Å²) < 4.78 is 0. The molecule has 1 atom stereocenters. The van der Waals surface area contributed by atoms with Crippen molar-refractivity contribution in [1.82, 2.24) is 10.2 Å². The van der Waals surface area contributed by atoms with Gasteiger partial charge in [0.25, 0.3) is 0 Å². The molecule has 0 bridgehead atoms. The van der Waals surface area contributed by atoms with Gasteiger partial charge in [0.15, 0.2) is 0 Å². The van der Waals surface area contributed by atoms with E-state index in [1.165, 1.54) is 0 Å². The van der Waals surface area contributed by atoms with Gasteiger partial charge in [-0.05, 0) is 11.0 Å². The van der Waals surface area contributed by atoms with Crippen molar-refractivity contribution in [3.8, 4) is 0 Å². The molecule has 1 N–H and O–H groups in total. The Hall–Kier alpha value is -1.84. The summed E-state index contributed by atoms with van der Waals surface area (Å²) in [7, 11) is 0. The highest BCUT2D eigenvalue weighted by molar-refractivity contribution is 5.90. The number of rotatable bonds is 3. The van der Waals surface area contributed by atoms with Gasteiger partial charge in [0.1, 0.15) is 6.04 Å². The van der Waals surface area contributed by atoms with Gasteiger partial charge in [-0.3, -0.25) is 9.59 Å². The zero-order valence-electron chi connectivity index (χ0n) is 13.1. The molecule has 0 aromatic heterocycles. The molecule has 21 heavy (non-hydrogen) atoms. The second kappa shape index (κ2) is 6.29. The lowest BCUT2D eigenvalue weighted by Gasteiger charge is -2.30. The van der Waals surface area contributed by atoms with E-state index in [0.717, 1.165) is 5.56 Å². The summed E-state index contributed by atoms with van der Waals surface area (Å²) in [6, 6.07) is 9.36. The molecule has 2 rings (SSSR count). The first kappa shape index (κ1) is 15.5. The van der Waals surface area contributed by atoms with Crippen LogP contribution in [0.2, 0.25) is 0 Å². The van der Waals surface area contributed by atoms with Gasteiger partial charge in [-0.15, -0.1) is 0 Å². The summed E-state index contributed by atoms with van der Waals surface area (Å²) in [6.45, 7) is 7.49. The monoisotopic (exact) mass is 288 g/mol. The fourth-order valence-electron chi connectivity index (χ4n) is 2.61. The van der Waals surface area contributed by atoms with Crippen LogP contribution in [0, 0.1) is 5.41 Å². The quantitative estimate of drug-likeness (QED) is 0.924. The zero-order valence-corrected chi connectivity index (χ0v) is 13.1. The Morgan fingerprint density at radius 3 is 2.48 bits per heavy atom. The lowest BCUT2D eigenvalue weighted by Crippen LogP contribution is -2.47. The van der Waals surface area contributed by atoms with Gasteiger partial charge in [0.05, 0.1) is 0 Å². The van der Waals surface area contributed by atoms with Crippen molar-refractivity contribution < 1.29 is 9.59 Å². The molecule has 4 nitrogen and oxygen atoms in total. The van der Waals surface area contributed by atoms with Gasteiger partial charge in [0, 0.05) is 25.9 Å². The van der Waals surface area contributed by atoms with Crippen LogP contribution in [-0.4, -0.2) is 35.8 Å². The summed E-state index contributed by atoms with van der Waals surface area (Å²) in [6.07, 6.45) is 0.930. The number of benzene rings is 1. The number of hydrogen-bond acceptors (Lipinski definition) is 2. The lowest BCUT2D eigenvalue weighted by atomic mass is 9.95. The number of carbonyl (C=O) groups is 2. The summed E-state index contributed by atoms with van der Waals surface area (Å²) in [5, 5.41) is 2.86. The smallest absolute Gasteiger partial charge is 0.245 e. The van der Waals surface area contributed by atoms with Crippen LogP contribution in [0.1, 0.15) is 32.8 Å². The van der Waals surface area contributed by atoms with Crippen LogP contribution in [0.4, 0.5) is 0 Å². The van der Waals surface area contributed by atoms with Crippen molar-refractivity contribution in [2.75, 3.05) is 13.1 Å². The van der Waals surface area contributed by atoms with E-state index >= 15 is 0 Å². The van der Waals surface area contributed by atoms with Gasteiger partial charge < -0.3 is 10.2 Å². The molecule has 0 aliphatic carbocycles. The molecule has 1 heterocycles. The van der Waals surface area contributed by atoms with Crippen molar-refractivity contribution in [2.24, 2.45) is 5.41 Å². The minimum atomic E-state index is -0.454. The van der Waals surface area contributed by atoms with E-state index in [2.05, 4.69) is 26.1 Å². The van der Waals surface area contributed by atoms with Crippen LogP contribution < -0.4 is 5.32 Å². The van der Waals surface area contributed by atoms with Crippen LogP contribution in [-0.2, 0) is 16.0 Å². The molecule has 0 radical (unpaired) electrons. The first-order valence-corrected chi connectivity index (χ1v) is 7.47. The first-order valence-electron chi connectivity index (χ1n) is 7.47. The molecule has 1 aromatic rings. The molecular weight excluding hydrogens is 264 g/mol. The van der Waals surface area contributed by atoms with E-state index in [4.69, 9.17) is 0 Å². The predicted octanol–water partition coefficient (Wildman–Crippen LogP) is 1.99. The highest BCUT2D eigenvalue weighted by Crippen LogP contribution is 2.18. The van der Waals surface area contributed by atoms with Gasteiger partial charge in [-0.25, -0.2) is 0 Å². The van der Waals surface area contributed by atoms with Crippen molar-refractivity contribution >= 4 is 11.8 Å². The molecule has 0 saturated carbocycles. The maximum absolute atomic E-state index is 12.7. The molecular formula is C17H24N2O2. The maximum atomic E-state index is 12.7. The molecule has 1 aromatic carbocycles. The van der Waals surface area contributed by atoms with Crippen molar-refractivity contribution in [3.05, 3.63) is 35.9 Å². The van der Waals surface area contributed by atoms with Crippen LogP contribution in [0.25, 0.3) is 0 Å². The second-order valence-corrected chi connectivity index (χ2v) is 6.88. The Morgan fingerprint density at radius 1 is 1.19 bits per heavy atom. The molecule has 0 spiro atoms. The van der Waals surface area contributed by atoms with Gasteiger partial charge in [-0.1, -0.05) is 51.1 Å². The fraction of sp³-hybridized carbons (Fsp3) is 0.529. The van der Waals surface area contributed by atoms with Crippen molar-refractivity contribution in [1.29, 1.82) is 0 Å². The molecule has 1 aliphatic heterocycles. The van der Waals surface area contributed by atoms with Gasteiger partial charge in [0.2, 0.25) is 11.8 Å². The number of hydrogen-bond donors (Lipinski definition) is 1. The average Bonchev–Trinajstić information content (AvgIpc) is 2.52. The Kier molecular flexibility index (Phi) is 4.66. The average molecular weight is 288 g/mol. The molecule has 1 aliphatic rings. The minimum Gasteiger partial charge on any atom is -0.344 e. The summed E-state index contributed by atoms with van der Waals surface area (Å²) in [5.74, 6) is -0.0136. The number of nitrogens with zero attached hydrogens (tertiary/aromatic N) is 1. The Labute approximate surface area is 126 Å². The number of amides is 2. The largest absolute Gasteiger partial charge is 0.344 e. The molecule has 1 unspecified atom stereocenters. The Morgan fingerprint density at radius 2 is 1.86 bits per heavy atom. The summed E-state index contributed by atoms with van der Waals surface area (Å²) in [4.78, 5) is 26.4. The molecule has 4 heteroatoms. The van der Waals surface area contributed by atoms with E-state index in [1.807, 2.05) is 35.2 Å². The highest BCUT2D eigenvalue weighted by atomic mass is 16.2. The van der Waals surface area contributed by atoms with Crippen LogP contribution in [0.3, 0.4) is 0 Å². The second-order valence-electron chi connectivity index (χ2n) is 6.88. The Balaban J connectivity index is 2.14. The van der Waals surface area contributed by atoms with Gasteiger partial charge >= 0.3 is 0 Å². The van der Waals surface area contributed by atoms with Crippen molar-refractivity contribution in [2.45, 2.75) is 39.7 Å². The number of carbonyl (C=O) groups excluding carboxylic acids is 2. The molecule has 1 fully saturated rings. The van der Waals surface area contributed by atoms with Gasteiger partial charge in [-0.2, -0.15) is 0 Å². The lowest BCUT2D eigenvalue weighted by molar-refractivity contribution is -0.134. The van der Waals surface area contributed by atoms with E-state index in [9.17, 15) is 9.59 Å². The van der Waals surface area contributed by atoms with Crippen LogP contribution in [0.5, 0.6) is 0 Å². The van der Waals surface area contributed by atoms with Crippen LogP contribution in [0.15, 0.2) is 30.3 Å². The zero-order chi connectivity index (χ0) is 15.5. The fourth-order valence-corrected chi connectivity index (χ4v) is 2.61. The van der Waals surface area contributed by atoms with Crippen molar-refractivity contribution in [3.63, 3.8) is 0 Å². The minimum absolute atomic E-state index is 0.0274. The third-order valence-electron chi connectivity index (χ3n) is 3.50. The molecule has 114 valence electrons. The highest BCUT2D eigenvalue weighted by Gasteiger charge is 2.31. The number of nitrogens with one attached hydrogen (secondary N) is 1. The SMILES string of the molecule is CC(C)(C)CN1CCC(=O)NC(Cc2ccccc2)C1=O. The standard InChI is InChI=1S/C17H24N2O2/c1-17(2,3)12-19-10-9-15(20)18-14(16(19)21)11-13-7-5-4-6-8-13/h4-8,14H,9-12H2,1-3H3,(H,18,20). The van der Waals surface area contributed by atoms with E-state index in [-0.39, 0.29) is 17.2 Å². The van der Waals surface area contributed by atoms with E-state index in [1.54, 1.807) is 0 Å². The molecule has 1 saturated heterocycles. The Bertz CT molecular complexity index is 505. The van der Waals surface area contributed by atoms with E-state index < -0.39 is 6.04 Å². The first-order chi connectivity index (χ1) is 9.85. The topological polar surface area (TPSA) is 49.4 Å².